The molecule has 2 atom stereocenters. The van der Waals surface area contributed by atoms with E-state index in [4.69, 9.17) is 4.74 Å². The van der Waals surface area contributed by atoms with Gasteiger partial charge in [-0.2, -0.15) is 5.10 Å². The summed E-state index contributed by atoms with van der Waals surface area (Å²) in [6.45, 7) is 3.04. The molecular weight excluding hydrogens is 548 g/mol. The molecule has 2 aromatic carbocycles. The first-order chi connectivity index (χ1) is 19.9. The van der Waals surface area contributed by atoms with Gasteiger partial charge >= 0.3 is 6.09 Å². The van der Waals surface area contributed by atoms with Gasteiger partial charge in [-0.1, -0.05) is 11.8 Å². The summed E-state index contributed by atoms with van der Waals surface area (Å²) in [6, 6.07) is 10.9. The van der Waals surface area contributed by atoms with E-state index in [9.17, 15) is 13.6 Å². The molecule has 0 bridgehead atoms. The molecule has 2 unspecified atom stereocenters. The summed E-state index contributed by atoms with van der Waals surface area (Å²) < 4.78 is 35.6. The number of hydrogen-bond donors (Lipinski definition) is 3. The van der Waals surface area contributed by atoms with Crippen LogP contribution in [0.15, 0.2) is 55.0 Å². The molecule has 0 saturated carbocycles. The molecule has 0 spiro atoms. The average molecular weight is 574 g/mol. The number of nitrogens with one attached hydrogen (secondary N) is 3. The van der Waals surface area contributed by atoms with Gasteiger partial charge in [0, 0.05) is 36.1 Å². The predicted molar refractivity (Wildman–Crippen MR) is 153 cm³/mol. The molecule has 1 fully saturated rings. The normalized spacial score (nSPS) is 16.5. The van der Waals surface area contributed by atoms with Crippen LogP contribution in [0.2, 0.25) is 0 Å². The second-order valence-electron chi connectivity index (χ2n) is 9.51. The van der Waals surface area contributed by atoms with Crippen molar-refractivity contribution in [2.45, 2.75) is 32.0 Å². The van der Waals surface area contributed by atoms with Crippen LogP contribution in [-0.2, 0) is 11.3 Å². The third kappa shape index (κ3) is 5.96. The predicted octanol–water partition coefficient (Wildman–Crippen LogP) is 4.94. The molecule has 12 heteroatoms. The largest absolute Gasteiger partial charge is 0.445 e. The summed E-state index contributed by atoms with van der Waals surface area (Å²) in [5.41, 5.74) is 2.59. The topological polar surface area (TPSA) is 106 Å². The minimum absolute atomic E-state index is 0.0756. The van der Waals surface area contributed by atoms with Gasteiger partial charge in [0.1, 0.15) is 24.1 Å². The van der Waals surface area contributed by atoms with E-state index >= 15 is 0 Å². The minimum Gasteiger partial charge on any atom is -0.445 e. The Morgan fingerprint density at radius 1 is 1.22 bits per heavy atom. The molecule has 9 nitrogen and oxygen atoms in total. The molecule has 4 heterocycles. The van der Waals surface area contributed by atoms with Crippen LogP contribution in [0.1, 0.15) is 23.8 Å². The van der Waals surface area contributed by atoms with Gasteiger partial charge in [-0.3, -0.25) is 10.00 Å². The fraction of sp³-hybridized carbons (Fsp3) is 0.241. The fourth-order valence-electron chi connectivity index (χ4n) is 4.66. The highest BCUT2D eigenvalue weighted by atomic mass is 32.1. The molecule has 3 aromatic heterocycles. The molecule has 6 rings (SSSR count). The molecule has 1 aliphatic rings. The minimum atomic E-state index is -0.491. The molecule has 1 amide bonds. The van der Waals surface area contributed by atoms with Crippen molar-refractivity contribution in [1.29, 1.82) is 0 Å². The number of ether oxygens (including phenoxy) is 1. The van der Waals surface area contributed by atoms with Crippen LogP contribution in [0.5, 0.6) is 0 Å². The first-order valence-corrected chi connectivity index (χ1v) is 13.9. The molecule has 1 saturated heterocycles. The van der Waals surface area contributed by atoms with E-state index in [0.717, 1.165) is 43.8 Å². The van der Waals surface area contributed by atoms with Crippen LogP contribution in [0, 0.1) is 23.5 Å². The van der Waals surface area contributed by atoms with Gasteiger partial charge in [-0.05, 0) is 49.4 Å². The highest BCUT2D eigenvalue weighted by Crippen LogP contribution is 2.31. The lowest BCUT2D eigenvalue weighted by Gasteiger charge is -2.10. The van der Waals surface area contributed by atoms with Crippen molar-refractivity contribution in [3.63, 3.8) is 0 Å². The number of thiophene rings is 1. The maximum absolute atomic E-state index is 14.1. The highest BCUT2D eigenvalue weighted by Gasteiger charge is 2.25. The number of aromatic nitrogens is 4. The van der Waals surface area contributed by atoms with E-state index in [1.807, 2.05) is 31.2 Å². The zero-order chi connectivity index (χ0) is 28.3. The highest BCUT2D eigenvalue weighted by molar-refractivity contribution is 7.20. The van der Waals surface area contributed by atoms with E-state index in [0.29, 0.717) is 25.3 Å². The lowest BCUT2D eigenvalue weighted by molar-refractivity contribution is 0.107. The van der Waals surface area contributed by atoms with Crippen molar-refractivity contribution in [3.8, 4) is 11.8 Å². The summed E-state index contributed by atoms with van der Waals surface area (Å²) in [5, 5.41) is 14.5. The quantitative estimate of drug-likeness (QED) is 0.247. The van der Waals surface area contributed by atoms with Crippen molar-refractivity contribution < 1.29 is 18.3 Å². The van der Waals surface area contributed by atoms with Crippen molar-refractivity contribution in [2.75, 3.05) is 18.4 Å². The first-order valence-electron chi connectivity index (χ1n) is 13.1. The Kier molecular flexibility index (Phi) is 7.45. The first kappa shape index (κ1) is 26.6. The number of nitrogens with zero attached hydrogens (tertiary/aromatic N) is 4. The van der Waals surface area contributed by atoms with Gasteiger partial charge in [0.2, 0.25) is 0 Å². The van der Waals surface area contributed by atoms with Gasteiger partial charge in [-0.25, -0.2) is 23.5 Å². The number of alkyl carbamates (subject to hydrolysis) is 1. The third-order valence-corrected chi connectivity index (χ3v) is 7.65. The Labute approximate surface area is 237 Å². The monoisotopic (exact) mass is 573 g/mol. The van der Waals surface area contributed by atoms with Crippen LogP contribution in [0.25, 0.3) is 21.1 Å². The Hall–Kier alpha value is -4.60. The Balaban J connectivity index is 1.16. The van der Waals surface area contributed by atoms with Gasteiger partial charge < -0.3 is 15.4 Å². The molecule has 0 aliphatic carbocycles. The number of amides is 1. The van der Waals surface area contributed by atoms with E-state index < -0.39 is 17.7 Å². The number of fused-ring (bicyclic) bond motifs is 2. The number of halogens is 2. The van der Waals surface area contributed by atoms with Crippen LogP contribution >= 0.6 is 11.3 Å². The molecule has 208 valence electrons. The van der Waals surface area contributed by atoms with Crippen molar-refractivity contribution in [3.05, 3.63) is 77.1 Å². The van der Waals surface area contributed by atoms with Gasteiger partial charge in [0.05, 0.1) is 39.4 Å². The summed E-state index contributed by atoms with van der Waals surface area (Å²) in [4.78, 5) is 21.3. The van der Waals surface area contributed by atoms with Crippen LogP contribution in [0.4, 0.5) is 25.1 Å². The lowest BCUT2D eigenvalue weighted by Crippen LogP contribution is -2.29. The smallest absolute Gasteiger partial charge is 0.407 e. The van der Waals surface area contributed by atoms with Crippen LogP contribution < -0.4 is 16.0 Å². The fourth-order valence-corrected chi connectivity index (χ4v) is 5.57. The molecule has 41 heavy (non-hydrogen) atoms. The Morgan fingerprint density at radius 2 is 2.12 bits per heavy atom. The summed E-state index contributed by atoms with van der Waals surface area (Å²) in [7, 11) is 0. The number of anilines is 2. The van der Waals surface area contributed by atoms with Crippen molar-refractivity contribution >= 4 is 50.1 Å². The number of benzene rings is 2. The number of hydrogen-bond acceptors (Lipinski definition) is 8. The molecular formula is C29H25F2N7O2S. The summed E-state index contributed by atoms with van der Waals surface area (Å²) >= 11 is 1.49. The van der Waals surface area contributed by atoms with Gasteiger partial charge in [0.25, 0.3) is 0 Å². The lowest BCUT2D eigenvalue weighted by atomic mass is 10.2. The second kappa shape index (κ2) is 11.5. The van der Waals surface area contributed by atoms with Crippen LogP contribution in [-0.4, -0.2) is 51.1 Å². The van der Waals surface area contributed by atoms with E-state index in [2.05, 4.69) is 42.9 Å². The average Bonchev–Trinajstić information content (AvgIpc) is 3.68. The van der Waals surface area contributed by atoms with Crippen molar-refractivity contribution in [1.82, 2.24) is 30.4 Å². The second-order valence-corrected chi connectivity index (χ2v) is 10.6. The zero-order valence-corrected chi connectivity index (χ0v) is 22.8. The standard InChI is InChI=1S/C29H25F2N7O2S/c1-2-32-29(39)40-22-11-20(33-14-22)4-6-23-12-25-27(41-23)28(35-16-34-25)37-21-5-8-26-17(10-21)13-36-38(26)15-18-9-19(30)3-7-24(18)31/h3,5,7-10,12-13,16,20,22,33H,2,11,14-15H2,1H3,(H,32,39)(H,34,35,37). The zero-order valence-electron chi connectivity index (χ0n) is 21.9. The van der Waals surface area contributed by atoms with E-state index in [1.165, 1.54) is 23.7 Å². The SMILES string of the molecule is CCNC(=O)OC1CNC(C#Cc2cc3ncnc(Nc4ccc5c(cnn5Cc5cc(F)ccc5F)c4)c3s2)C1. The third-order valence-electron chi connectivity index (χ3n) is 6.60. The molecule has 3 N–H and O–H groups in total. The Bertz CT molecular complexity index is 1810. The van der Waals surface area contributed by atoms with Crippen molar-refractivity contribution in [2.24, 2.45) is 0 Å². The molecule has 0 radical (unpaired) electrons. The molecule has 5 aromatic rings. The number of carbonyl (C=O) groups is 1. The summed E-state index contributed by atoms with van der Waals surface area (Å²) in [6.07, 6.45) is 3.19. The van der Waals surface area contributed by atoms with E-state index in [1.54, 1.807) is 10.9 Å². The van der Waals surface area contributed by atoms with Gasteiger partial charge in [0.15, 0.2) is 5.82 Å². The number of rotatable bonds is 6. The van der Waals surface area contributed by atoms with E-state index in [-0.39, 0.29) is 24.3 Å². The number of carbonyl (C=O) groups excluding carboxylic acids is 1. The van der Waals surface area contributed by atoms with Crippen LogP contribution in [0.3, 0.4) is 0 Å². The maximum Gasteiger partial charge on any atom is 0.407 e. The van der Waals surface area contributed by atoms with Gasteiger partial charge in [-0.15, -0.1) is 11.3 Å². The summed E-state index contributed by atoms with van der Waals surface area (Å²) in [5.74, 6) is 6.12. The molecule has 1 aliphatic heterocycles. The Morgan fingerprint density at radius 3 is 3.00 bits per heavy atom. The maximum atomic E-state index is 14.1.